The monoisotopic (exact) mass is 450 g/mol. The number of carbonyl (C=O) groups is 1. The van der Waals surface area contributed by atoms with Gasteiger partial charge < -0.3 is 28.7 Å². The summed E-state index contributed by atoms with van der Waals surface area (Å²) in [5, 5.41) is 3.78. The Kier molecular flexibility index (Phi) is 7.69. The number of ether oxygens (including phenoxy) is 4. The summed E-state index contributed by atoms with van der Waals surface area (Å²) in [6.07, 6.45) is 2.04. The van der Waals surface area contributed by atoms with Crippen LogP contribution in [-0.4, -0.2) is 58.1 Å². The van der Waals surface area contributed by atoms with Gasteiger partial charge in [-0.15, -0.1) is 0 Å². The maximum atomic E-state index is 12.5. The molecule has 172 valence electrons. The Bertz CT molecular complexity index is 983. The Hall–Kier alpha value is -3.56. The molecule has 0 atom stereocenters. The van der Waals surface area contributed by atoms with E-state index in [4.69, 9.17) is 19.0 Å². The lowest BCUT2D eigenvalue weighted by Crippen LogP contribution is -2.38. The largest absolute Gasteiger partial charge is 0.493 e. The van der Waals surface area contributed by atoms with E-state index in [1.165, 1.54) is 31.5 Å². The Labute approximate surface area is 184 Å². The van der Waals surface area contributed by atoms with Crippen LogP contribution in [0.25, 0.3) is 0 Å². The summed E-state index contributed by atoms with van der Waals surface area (Å²) in [6.45, 7) is -2.20. The summed E-state index contributed by atoms with van der Waals surface area (Å²) in [5.74, 6) is 1.11. The molecule has 0 spiro atoms. The number of hydrogen-bond acceptors (Lipinski definition) is 7. The zero-order valence-corrected chi connectivity index (χ0v) is 18.0. The maximum Gasteiger partial charge on any atom is 0.387 e. The van der Waals surface area contributed by atoms with E-state index in [2.05, 4.69) is 9.89 Å². The van der Waals surface area contributed by atoms with E-state index in [0.717, 1.165) is 11.1 Å². The van der Waals surface area contributed by atoms with E-state index < -0.39 is 6.61 Å². The van der Waals surface area contributed by atoms with E-state index >= 15 is 0 Å². The minimum atomic E-state index is -2.96. The highest BCUT2D eigenvalue weighted by Gasteiger charge is 2.23. The fourth-order valence-electron chi connectivity index (χ4n) is 3.34. The number of amides is 1. The van der Waals surface area contributed by atoms with Crippen molar-refractivity contribution in [2.75, 3.05) is 34.5 Å². The summed E-state index contributed by atoms with van der Waals surface area (Å²) in [5.41, 5.74) is 2.63. The smallest absolute Gasteiger partial charge is 0.387 e. The third-order valence-corrected chi connectivity index (χ3v) is 4.94. The van der Waals surface area contributed by atoms with Crippen molar-refractivity contribution in [3.8, 4) is 23.0 Å². The lowest BCUT2D eigenvalue weighted by atomic mass is 9.99. The summed E-state index contributed by atoms with van der Waals surface area (Å²) in [6, 6.07) is 8.13. The summed E-state index contributed by atoms with van der Waals surface area (Å²) < 4.78 is 44.9. The maximum absolute atomic E-state index is 12.5. The van der Waals surface area contributed by atoms with Crippen molar-refractivity contribution in [2.24, 2.45) is 5.16 Å². The number of carbonyl (C=O) groups excluding carboxylic acids is 1. The van der Waals surface area contributed by atoms with Gasteiger partial charge in [-0.3, -0.25) is 4.79 Å². The van der Waals surface area contributed by atoms with E-state index in [9.17, 15) is 13.6 Å². The van der Waals surface area contributed by atoms with Gasteiger partial charge in [-0.05, 0) is 47.9 Å². The SMILES string of the molecule is COc1cc2c(cc1OC)CN(C(=O)CO/N=C/c1ccc(OC(F)F)c(OC)c1)CC2. The molecule has 0 fully saturated rings. The van der Waals surface area contributed by atoms with Crippen LogP contribution in [-0.2, 0) is 22.6 Å². The first-order valence-corrected chi connectivity index (χ1v) is 9.75. The molecule has 2 aromatic carbocycles. The molecule has 1 aliphatic rings. The summed E-state index contributed by atoms with van der Waals surface area (Å²) in [7, 11) is 4.49. The van der Waals surface area contributed by atoms with Gasteiger partial charge in [-0.25, -0.2) is 0 Å². The van der Waals surface area contributed by atoms with Gasteiger partial charge in [0, 0.05) is 18.7 Å². The highest BCUT2D eigenvalue weighted by atomic mass is 19.3. The van der Waals surface area contributed by atoms with Crippen LogP contribution in [0.3, 0.4) is 0 Å². The van der Waals surface area contributed by atoms with Crippen molar-refractivity contribution >= 4 is 12.1 Å². The standard InChI is InChI=1S/C22H24F2N2O6/c1-28-18-8-14(4-5-17(18)32-22(23)24)11-25-31-13-21(27)26-7-6-15-9-19(29-2)20(30-3)10-16(15)12-26/h4-5,8-11,22H,6-7,12-13H2,1-3H3/b25-11+. The quantitative estimate of drug-likeness (QED) is 0.431. The number of benzene rings is 2. The minimum absolute atomic E-state index is 0.0876. The zero-order chi connectivity index (χ0) is 23.1. The van der Waals surface area contributed by atoms with E-state index in [0.29, 0.717) is 36.6 Å². The van der Waals surface area contributed by atoms with Crippen LogP contribution in [0.1, 0.15) is 16.7 Å². The molecule has 10 heteroatoms. The molecule has 0 bridgehead atoms. The highest BCUT2D eigenvalue weighted by molar-refractivity contribution is 5.81. The topological polar surface area (TPSA) is 78.8 Å². The van der Waals surface area contributed by atoms with Crippen LogP contribution >= 0.6 is 0 Å². The van der Waals surface area contributed by atoms with Crippen LogP contribution < -0.4 is 18.9 Å². The minimum Gasteiger partial charge on any atom is -0.493 e. The number of fused-ring (bicyclic) bond motifs is 1. The number of methoxy groups -OCH3 is 3. The van der Waals surface area contributed by atoms with Gasteiger partial charge in [0.15, 0.2) is 29.6 Å². The number of halogens is 2. The third kappa shape index (κ3) is 5.57. The average molecular weight is 450 g/mol. The number of hydrogen-bond donors (Lipinski definition) is 0. The van der Waals surface area contributed by atoms with Crippen LogP contribution in [0.15, 0.2) is 35.5 Å². The second-order valence-electron chi connectivity index (χ2n) is 6.84. The summed E-state index contributed by atoms with van der Waals surface area (Å²) in [4.78, 5) is 19.3. The molecule has 1 aliphatic heterocycles. The normalized spacial score (nSPS) is 13.1. The molecule has 0 unspecified atom stereocenters. The molecule has 0 aromatic heterocycles. The second kappa shape index (κ2) is 10.7. The zero-order valence-electron chi connectivity index (χ0n) is 18.0. The number of alkyl halides is 2. The van der Waals surface area contributed by atoms with Gasteiger partial charge >= 0.3 is 6.61 Å². The van der Waals surface area contributed by atoms with Crippen LogP contribution in [0, 0.1) is 0 Å². The molecule has 8 nitrogen and oxygen atoms in total. The first kappa shape index (κ1) is 23.1. The lowest BCUT2D eigenvalue weighted by Gasteiger charge is -2.29. The predicted octanol–water partition coefficient (Wildman–Crippen LogP) is 3.25. The van der Waals surface area contributed by atoms with Crippen molar-refractivity contribution in [2.45, 2.75) is 19.6 Å². The van der Waals surface area contributed by atoms with E-state index in [1.54, 1.807) is 19.1 Å². The van der Waals surface area contributed by atoms with Gasteiger partial charge in [0.05, 0.1) is 27.5 Å². The van der Waals surface area contributed by atoms with Gasteiger partial charge in [-0.1, -0.05) is 5.16 Å². The molecule has 32 heavy (non-hydrogen) atoms. The molecular formula is C22H24F2N2O6. The Morgan fingerprint density at radius 3 is 2.34 bits per heavy atom. The molecule has 3 rings (SSSR count). The molecule has 0 saturated carbocycles. The fraction of sp³-hybridized carbons (Fsp3) is 0.364. The van der Waals surface area contributed by atoms with Gasteiger partial charge in [0.25, 0.3) is 5.91 Å². The van der Waals surface area contributed by atoms with Gasteiger partial charge in [-0.2, -0.15) is 8.78 Å². The van der Waals surface area contributed by atoms with Crippen LogP contribution in [0.4, 0.5) is 8.78 Å². The average Bonchev–Trinajstić information content (AvgIpc) is 2.80. The van der Waals surface area contributed by atoms with Crippen molar-refractivity contribution in [1.82, 2.24) is 4.90 Å². The van der Waals surface area contributed by atoms with Crippen LogP contribution in [0.5, 0.6) is 23.0 Å². The Morgan fingerprint density at radius 1 is 1.03 bits per heavy atom. The third-order valence-electron chi connectivity index (χ3n) is 4.94. The van der Waals surface area contributed by atoms with Crippen molar-refractivity contribution < 1.29 is 37.4 Å². The highest BCUT2D eigenvalue weighted by Crippen LogP contribution is 2.33. The molecule has 0 N–H and O–H groups in total. The van der Waals surface area contributed by atoms with Crippen molar-refractivity contribution in [3.63, 3.8) is 0 Å². The van der Waals surface area contributed by atoms with Gasteiger partial charge in [0.2, 0.25) is 0 Å². The molecule has 2 aromatic rings. The fourth-order valence-corrected chi connectivity index (χ4v) is 3.34. The lowest BCUT2D eigenvalue weighted by molar-refractivity contribution is -0.137. The second-order valence-corrected chi connectivity index (χ2v) is 6.84. The summed E-state index contributed by atoms with van der Waals surface area (Å²) >= 11 is 0. The molecule has 0 aliphatic carbocycles. The van der Waals surface area contributed by atoms with E-state index in [1.807, 2.05) is 12.1 Å². The predicted molar refractivity (Wildman–Crippen MR) is 112 cm³/mol. The number of oxime groups is 1. The number of nitrogens with zero attached hydrogens (tertiary/aromatic N) is 2. The molecule has 1 heterocycles. The molecule has 0 radical (unpaired) electrons. The van der Waals surface area contributed by atoms with E-state index in [-0.39, 0.29) is 24.0 Å². The first-order chi connectivity index (χ1) is 15.4. The Balaban J connectivity index is 1.56. The Morgan fingerprint density at radius 2 is 1.69 bits per heavy atom. The van der Waals surface area contributed by atoms with Crippen molar-refractivity contribution in [1.29, 1.82) is 0 Å². The van der Waals surface area contributed by atoms with Gasteiger partial charge in [0.1, 0.15) is 0 Å². The molecule has 1 amide bonds. The first-order valence-electron chi connectivity index (χ1n) is 9.75. The van der Waals surface area contributed by atoms with Crippen LogP contribution in [0.2, 0.25) is 0 Å². The molecular weight excluding hydrogens is 426 g/mol. The number of rotatable bonds is 9. The molecule has 0 saturated heterocycles. The van der Waals surface area contributed by atoms with Crippen molar-refractivity contribution in [3.05, 3.63) is 47.0 Å².